The largest absolute Gasteiger partial charge is 0.491 e. The average Bonchev–Trinajstić information content (AvgIpc) is 2.68. The molecule has 1 aromatic carbocycles. The van der Waals surface area contributed by atoms with Gasteiger partial charge in [-0.2, -0.15) is 4.98 Å². The van der Waals surface area contributed by atoms with E-state index in [2.05, 4.69) is 20.6 Å². The monoisotopic (exact) mass is 436 g/mol. The predicted molar refractivity (Wildman–Crippen MR) is 109 cm³/mol. The standard InChI is InChI=1S/C20H23F3N6O2/c1-9-16-17(29(3)10(2)18(30)27-16)28-19(25-9)26-11-6-20(24,7-11)8-31-12-4-13(21)15(23)14(22)5-12/h4-5,10-11H,6-8,24H2,1-3H3,(H,27,30)(H,25,26,28)/t10-,11?,20?/m0/s1. The number of aromatic nitrogens is 2. The van der Waals surface area contributed by atoms with Gasteiger partial charge in [-0.3, -0.25) is 4.79 Å². The molecule has 0 radical (unpaired) electrons. The van der Waals surface area contributed by atoms with Gasteiger partial charge in [0.1, 0.15) is 24.1 Å². The SMILES string of the molecule is Cc1nc(NC2CC(N)(COc3cc(F)c(F)c(F)c3)C2)nc2c1NC(=O)[C@H](C)N2C. The molecule has 2 aromatic rings. The van der Waals surface area contributed by atoms with Crippen molar-refractivity contribution in [1.29, 1.82) is 0 Å². The number of halogens is 3. The van der Waals surface area contributed by atoms with Gasteiger partial charge in [-0.25, -0.2) is 18.2 Å². The molecule has 1 aromatic heterocycles. The Hall–Kier alpha value is -3.08. The lowest BCUT2D eigenvalue weighted by Crippen LogP contribution is -2.60. The number of ether oxygens (including phenoxy) is 1. The number of carbonyl (C=O) groups is 1. The molecule has 2 heterocycles. The Morgan fingerprint density at radius 1 is 1.29 bits per heavy atom. The van der Waals surface area contributed by atoms with Crippen LogP contribution in [-0.2, 0) is 4.79 Å². The number of rotatable bonds is 5. The van der Waals surface area contributed by atoms with Crippen molar-refractivity contribution in [2.24, 2.45) is 5.73 Å². The molecule has 4 N–H and O–H groups in total. The summed E-state index contributed by atoms with van der Waals surface area (Å²) in [7, 11) is 1.80. The van der Waals surface area contributed by atoms with Crippen LogP contribution >= 0.6 is 0 Å². The third-order valence-corrected chi connectivity index (χ3v) is 5.74. The van der Waals surface area contributed by atoms with Crippen LogP contribution in [-0.4, -0.2) is 47.2 Å². The number of fused-ring (bicyclic) bond motifs is 1. The Morgan fingerprint density at radius 3 is 2.58 bits per heavy atom. The highest BCUT2D eigenvalue weighted by molar-refractivity contribution is 6.03. The number of aryl methyl sites for hydroxylation is 1. The lowest BCUT2D eigenvalue weighted by Gasteiger charge is -2.44. The fraction of sp³-hybridized carbons (Fsp3) is 0.450. The number of hydrogen-bond acceptors (Lipinski definition) is 7. The van der Waals surface area contributed by atoms with Gasteiger partial charge in [0.25, 0.3) is 0 Å². The second-order valence-corrected chi connectivity index (χ2v) is 8.21. The van der Waals surface area contributed by atoms with Crippen LogP contribution in [0.1, 0.15) is 25.5 Å². The molecule has 8 nitrogen and oxygen atoms in total. The topological polar surface area (TPSA) is 105 Å². The summed E-state index contributed by atoms with van der Waals surface area (Å²) in [5.74, 6) is -3.36. The zero-order valence-corrected chi connectivity index (χ0v) is 17.3. The first-order chi connectivity index (χ1) is 14.6. The molecular weight excluding hydrogens is 413 g/mol. The van der Waals surface area contributed by atoms with Crippen molar-refractivity contribution in [3.8, 4) is 5.75 Å². The summed E-state index contributed by atoms with van der Waals surface area (Å²) < 4.78 is 45.0. The van der Waals surface area contributed by atoms with E-state index >= 15 is 0 Å². The molecule has 2 aliphatic rings. The van der Waals surface area contributed by atoms with E-state index in [0.29, 0.717) is 36.0 Å². The summed E-state index contributed by atoms with van der Waals surface area (Å²) in [4.78, 5) is 22.8. The highest BCUT2D eigenvalue weighted by Gasteiger charge is 2.42. The first-order valence-electron chi connectivity index (χ1n) is 9.81. The van der Waals surface area contributed by atoms with E-state index in [9.17, 15) is 18.0 Å². The number of anilines is 3. The van der Waals surface area contributed by atoms with Crippen molar-refractivity contribution < 1.29 is 22.7 Å². The molecule has 0 saturated heterocycles. The Bertz CT molecular complexity index is 1020. The summed E-state index contributed by atoms with van der Waals surface area (Å²) in [5, 5.41) is 6.06. The van der Waals surface area contributed by atoms with E-state index in [-0.39, 0.29) is 30.3 Å². The normalized spacial score (nSPS) is 24.9. The van der Waals surface area contributed by atoms with Crippen LogP contribution < -0.4 is 26.0 Å². The summed E-state index contributed by atoms with van der Waals surface area (Å²) in [6.45, 7) is 3.60. The number of nitrogens with two attached hydrogens (primary N) is 1. The number of benzene rings is 1. The van der Waals surface area contributed by atoms with Gasteiger partial charge in [-0.1, -0.05) is 0 Å². The number of amides is 1. The molecule has 31 heavy (non-hydrogen) atoms. The minimum atomic E-state index is -1.54. The maximum absolute atomic E-state index is 13.3. The maximum atomic E-state index is 13.3. The Morgan fingerprint density at radius 2 is 1.94 bits per heavy atom. The van der Waals surface area contributed by atoms with Gasteiger partial charge in [0.15, 0.2) is 23.3 Å². The van der Waals surface area contributed by atoms with Crippen molar-refractivity contribution in [3.05, 3.63) is 35.3 Å². The van der Waals surface area contributed by atoms with Crippen LogP contribution in [0.4, 0.5) is 30.6 Å². The summed E-state index contributed by atoms with van der Waals surface area (Å²) in [6, 6.07) is 1.20. The average molecular weight is 436 g/mol. The van der Waals surface area contributed by atoms with Crippen molar-refractivity contribution in [2.45, 2.75) is 44.3 Å². The van der Waals surface area contributed by atoms with Crippen molar-refractivity contribution >= 4 is 23.4 Å². The molecule has 0 spiro atoms. The maximum Gasteiger partial charge on any atom is 0.246 e. The molecule has 166 valence electrons. The summed E-state index contributed by atoms with van der Waals surface area (Å²) in [5.41, 5.74) is 6.80. The Labute approximate surface area is 177 Å². The molecular formula is C20H23F3N6O2. The number of likely N-dealkylation sites (N-methyl/N-ethyl adjacent to an activating group) is 1. The molecule has 11 heteroatoms. The van der Waals surface area contributed by atoms with Crippen LogP contribution in [0.15, 0.2) is 12.1 Å². The molecule has 1 amide bonds. The van der Waals surface area contributed by atoms with Crippen LogP contribution in [0, 0.1) is 24.4 Å². The van der Waals surface area contributed by atoms with Crippen LogP contribution in [0.5, 0.6) is 5.75 Å². The molecule has 1 aliphatic carbocycles. The smallest absolute Gasteiger partial charge is 0.246 e. The minimum absolute atomic E-state index is 0.0198. The van der Waals surface area contributed by atoms with E-state index in [1.807, 2.05) is 0 Å². The Balaban J connectivity index is 1.38. The molecule has 1 aliphatic heterocycles. The second kappa shape index (κ2) is 7.56. The summed E-state index contributed by atoms with van der Waals surface area (Å²) >= 11 is 0. The third-order valence-electron chi connectivity index (χ3n) is 5.74. The van der Waals surface area contributed by atoms with Gasteiger partial charge in [-0.15, -0.1) is 0 Å². The van der Waals surface area contributed by atoms with Crippen molar-refractivity contribution in [1.82, 2.24) is 9.97 Å². The van der Waals surface area contributed by atoms with E-state index in [1.54, 1.807) is 25.8 Å². The number of hydrogen-bond donors (Lipinski definition) is 3. The number of nitrogens with zero attached hydrogens (tertiary/aromatic N) is 3. The van der Waals surface area contributed by atoms with Gasteiger partial charge in [0, 0.05) is 25.2 Å². The highest BCUT2D eigenvalue weighted by atomic mass is 19.2. The second-order valence-electron chi connectivity index (χ2n) is 8.21. The third kappa shape index (κ3) is 3.97. The number of carbonyl (C=O) groups excluding carboxylic acids is 1. The summed E-state index contributed by atoms with van der Waals surface area (Å²) in [6.07, 6.45) is 1.03. The van der Waals surface area contributed by atoms with Crippen LogP contribution in [0.3, 0.4) is 0 Å². The van der Waals surface area contributed by atoms with Crippen LogP contribution in [0.25, 0.3) is 0 Å². The van der Waals surface area contributed by atoms with Gasteiger partial charge < -0.3 is 26.0 Å². The molecule has 1 fully saturated rings. The first kappa shape index (κ1) is 21.2. The number of nitrogens with one attached hydrogen (secondary N) is 2. The van der Waals surface area contributed by atoms with Gasteiger partial charge >= 0.3 is 0 Å². The van der Waals surface area contributed by atoms with E-state index < -0.39 is 23.0 Å². The van der Waals surface area contributed by atoms with Gasteiger partial charge in [0.05, 0.1) is 11.2 Å². The van der Waals surface area contributed by atoms with E-state index in [4.69, 9.17) is 10.5 Å². The van der Waals surface area contributed by atoms with Gasteiger partial charge in [0.2, 0.25) is 11.9 Å². The zero-order chi connectivity index (χ0) is 22.5. The fourth-order valence-corrected chi connectivity index (χ4v) is 3.78. The first-order valence-corrected chi connectivity index (χ1v) is 9.81. The van der Waals surface area contributed by atoms with Crippen LogP contribution in [0.2, 0.25) is 0 Å². The lowest BCUT2D eigenvalue weighted by atomic mass is 9.74. The molecule has 0 unspecified atom stereocenters. The van der Waals surface area contributed by atoms with E-state index in [0.717, 1.165) is 12.1 Å². The van der Waals surface area contributed by atoms with Crippen molar-refractivity contribution in [2.75, 3.05) is 29.2 Å². The molecule has 4 rings (SSSR count). The molecule has 1 saturated carbocycles. The quantitative estimate of drug-likeness (QED) is 0.618. The van der Waals surface area contributed by atoms with Crippen molar-refractivity contribution in [3.63, 3.8) is 0 Å². The highest BCUT2D eigenvalue weighted by Crippen LogP contribution is 2.35. The van der Waals surface area contributed by atoms with E-state index in [1.165, 1.54) is 0 Å². The Kier molecular flexibility index (Phi) is 5.16. The zero-order valence-electron chi connectivity index (χ0n) is 17.3. The lowest BCUT2D eigenvalue weighted by molar-refractivity contribution is -0.117. The molecule has 1 atom stereocenters. The minimum Gasteiger partial charge on any atom is -0.491 e. The van der Waals surface area contributed by atoms with Gasteiger partial charge in [-0.05, 0) is 26.7 Å². The fourth-order valence-electron chi connectivity index (χ4n) is 3.78. The molecule has 0 bridgehead atoms. The predicted octanol–water partition coefficient (Wildman–Crippen LogP) is 2.33.